The standard InChI is InChI=1S/C7H13N/c1-8-6-5-7(8)3-2-4-7/h8H,1-6H2. The number of quaternary nitrogens is 1. The molecular weight excluding hydrogens is 98.1 g/mol. The van der Waals surface area contributed by atoms with Crippen molar-refractivity contribution in [3.05, 3.63) is 7.05 Å². The van der Waals surface area contributed by atoms with Crippen LogP contribution in [0.3, 0.4) is 0 Å². The molecule has 0 aromatic carbocycles. The third-order valence-corrected chi connectivity index (χ3v) is 2.97. The third-order valence-electron chi connectivity index (χ3n) is 2.97. The van der Waals surface area contributed by atoms with Crippen LogP contribution in [-0.4, -0.2) is 12.1 Å². The predicted molar refractivity (Wildman–Crippen MR) is 32.4 cm³/mol. The molecule has 0 bridgehead atoms. The number of hydrogen-bond donors (Lipinski definition) is 1. The fourth-order valence-corrected chi connectivity index (χ4v) is 1.86. The van der Waals surface area contributed by atoms with Gasteiger partial charge in [0.1, 0.15) is 0 Å². The lowest BCUT2D eigenvalue weighted by Crippen LogP contribution is -3.23. The lowest BCUT2D eigenvalue weighted by Gasteiger charge is -2.57. The molecule has 0 aromatic rings. The molecule has 0 amide bonds. The van der Waals surface area contributed by atoms with Crippen LogP contribution in [0.2, 0.25) is 0 Å². The molecule has 2 rings (SSSR count). The summed E-state index contributed by atoms with van der Waals surface area (Å²) in [7, 11) is 4.04. The minimum Gasteiger partial charge on any atom is -0.463 e. The minimum atomic E-state index is 0.708. The summed E-state index contributed by atoms with van der Waals surface area (Å²) < 4.78 is 0. The van der Waals surface area contributed by atoms with E-state index in [1.165, 1.54) is 32.2 Å². The van der Waals surface area contributed by atoms with Crippen molar-refractivity contribution in [3.8, 4) is 0 Å². The molecule has 2 aliphatic rings. The lowest BCUT2D eigenvalue weighted by molar-refractivity contribution is -0.965. The van der Waals surface area contributed by atoms with E-state index < -0.39 is 0 Å². The van der Waals surface area contributed by atoms with Crippen LogP contribution in [0.25, 0.3) is 0 Å². The molecule has 0 radical (unpaired) electrons. The Hall–Kier alpha value is -0.0400. The molecule has 2 fully saturated rings. The Bertz CT molecular complexity index is 99.4. The zero-order chi connectivity index (χ0) is 5.61. The molecule has 1 heteroatoms. The zero-order valence-electron chi connectivity index (χ0n) is 5.24. The van der Waals surface area contributed by atoms with Crippen LogP contribution in [0.15, 0.2) is 0 Å². The van der Waals surface area contributed by atoms with Crippen molar-refractivity contribution in [2.75, 3.05) is 6.54 Å². The van der Waals surface area contributed by atoms with Gasteiger partial charge in [0.25, 0.3) is 0 Å². The molecule has 1 heterocycles. The molecule has 1 spiro atoms. The van der Waals surface area contributed by atoms with Crippen LogP contribution < -0.4 is 4.90 Å². The Morgan fingerprint density at radius 2 is 2.00 bits per heavy atom. The maximum absolute atomic E-state index is 4.04. The number of nitrogens with one attached hydrogen (secondary N) is 1. The summed E-state index contributed by atoms with van der Waals surface area (Å²) in [6, 6.07) is 0. The van der Waals surface area contributed by atoms with Gasteiger partial charge in [-0.05, 0) is 6.42 Å². The molecule has 1 saturated carbocycles. The average Bonchev–Trinajstić information content (AvgIpc) is 1.58. The largest absolute Gasteiger partial charge is 0.463 e. The lowest BCUT2D eigenvalue weighted by atomic mass is 9.68. The first-order valence-corrected chi connectivity index (χ1v) is 3.52. The highest BCUT2D eigenvalue weighted by Gasteiger charge is 2.48. The van der Waals surface area contributed by atoms with E-state index in [4.69, 9.17) is 0 Å². The van der Waals surface area contributed by atoms with E-state index in [9.17, 15) is 0 Å². The van der Waals surface area contributed by atoms with Gasteiger partial charge in [-0.15, -0.1) is 0 Å². The van der Waals surface area contributed by atoms with Gasteiger partial charge in [0.15, 0.2) is 0 Å². The average molecular weight is 111 g/mol. The van der Waals surface area contributed by atoms with Crippen LogP contribution in [0, 0.1) is 7.05 Å². The second kappa shape index (κ2) is 1.27. The van der Waals surface area contributed by atoms with E-state index in [1.54, 1.807) is 4.90 Å². The van der Waals surface area contributed by atoms with Crippen molar-refractivity contribution in [3.63, 3.8) is 0 Å². The highest BCUT2D eigenvalue weighted by molar-refractivity contribution is 4.92. The highest BCUT2D eigenvalue weighted by Crippen LogP contribution is 2.35. The first-order valence-electron chi connectivity index (χ1n) is 3.52. The molecule has 1 atom stereocenters. The van der Waals surface area contributed by atoms with Gasteiger partial charge in [-0.2, -0.15) is 7.05 Å². The van der Waals surface area contributed by atoms with Crippen molar-refractivity contribution in [1.29, 1.82) is 0 Å². The van der Waals surface area contributed by atoms with Crippen molar-refractivity contribution < 1.29 is 4.90 Å². The van der Waals surface area contributed by atoms with Gasteiger partial charge < -0.3 is 4.90 Å². The van der Waals surface area contributed by atoms with E-state index in [0.29, 0.717) is 5.54 Å². The van der Waals surface area contributed by atoms with Crippen LogP contribution >= 0.6 is 0 Å². The normalized spacial score (nSPS) is 40.9. The van der Waals surface area contributed by atoms with Gasteiger partial charge in [0.05, 0.1) is 12.1 Å². The first kappa shape index (κ1) is 4.80. The van der Waals surface area contributed by atoms with Gasteiger partial charge in [0.2, 0.25) is 0 Å². The maximum Gasteiger partial charge on any atom is 0.0791 e. The van der Waals surface area contributed by atoms with Crippen LogP contribution in [-0.2, 0) is 0 Å². The Morgan fingerprint density at radius 3 is 2.00 bits per heavy atom. The SMILES string of the molecule is [CH2-][NH+]1CCC12CCC2. The van der Waals surface area contributed by atoms with E-state index in [2.05, 4.69) is 7.05 Å². The van der Waals surface area contributed by atoms with E-state index in [-0.39, 0.29) is 0 Å². The second-order valence-electron chi connectivity index (χ2n) is 3.24. The molecule has 1 N–H and O–H groups in total. The molecule has 46 valence electrons. The van der Waals surface area contributed by atoms with Crippen LogP contribution in [0.4, 0.5) is 0 Å². The van der Waals surface area contributed by atoms with Crippen molar-refractivity contribution >= 4 is 0 Å². The summed E-state index contributed by atoms with van der Waals surface area (Å²) in [5.41, 5.74) is 0.708. The van der Waals surface area contributed by atoms with E-state index in [0.717, 1.165) is 0 Å². The molecule has 1 aliphatic carbocycles. The molecule has 1 nitrogen and oxygen atoms in total. The van der Waals surface area contributed by atoms with E-state index in [1.807, 2.05) is 0 Å². The van der Waals surface area contributed by atoms with Crippen molar-refractivity contribution in [2.45, 2.75) is 31.2 Å². The zero-order valence-corrected chi connectivity index (χ0v) is 5.24. The summed E-state index contributed by atoms with van der Waals surface area (Å²) in [6.45, 7) is 1.32. The van der Waals surface area contributed by atoms with Crippen LogP contribution in [0.1, 0.15) is 25.7 Å². The Morgan fingerprint density at radius 1 is 1.25 bits per heavy atom. The van der Waals surface area contributed by atoms with Gasteiger partial charge in [-0.25, -0.2) is 0 Å². The Labute approximate surface area is 50.7 Å². The van der Waals surface area contributed by atoms with Gasteiger partial charge in [-0.1, -0.05) is 0 Å². The van der Waals surface area contributed by atoms with Crippen LogP contribution in [0.5, 0.6) is 0 Å². The number of likely N-dealkylation sites (tertiary alicyclic amines) is 1. The van der Waals surface area contributed by atoms with Gasteiger partial charge in [-0.3, -0.25) is 0 Å². The maximum atomic E-state index is 4.04. The minimum absolute atomic E-state index is 0.708. The fourth-order valence-electron chi connectivity index (χ4n) is 1.86. The van der Waals surface area contributed by atoms with Gasteiger partial charge >= 0.3 is 0 Å². The molecular formula is C7H13N. The summed E-state index contributed by atoms with van der Waals surface area (Å²) in [5.74, 6) is 0. The second-order valence-corrected chi connectivity index (χ2v) is 3.24. The number of hydrogen-bond acceptors (Lipinski definition) is 0. The molecule has 8 heavy (non-hydrogen) atoms. The monoisotopic (exact) mass is 111 g/mol. The smallest absolute Gasteiger partial charge is 0.0791 e. The predicted octanol–water partition coefficient (Wildman–Crippen LogP) is -0.0107. The molecule has 1 saturated heterocycles. The summed E-state index contributed by atoms with van der Waals surface area (Å²) >= 11 is 0. The first-order chi connectivity index (χ1) is 3.83. The summed E-state index contributed by atoms with van der Waals surface area (Å²) in [4.78, 5) is 1.55. The Balaban J connectivity index is 2.03. The fraction of sp³-hybridized carbons (Fsp3) is 0.857. The summed E-state index contributed by atoms with van der Waals surface area (Å²) in [5, 5.41) is 0. The molecule has 1 unspecified atom stereocenters. The summed E-state index contributed by atoms with van der Waals surface area (Å²) in [6.07, 6.45) is 5.81. The molecule has 1 aliphatic heterocycles. The number of rotatable bonds is 0. The Kier molecular flexibility index (Phi) is 0.762. The van der Waals surface area contributed by atoms with E-state index >= 15 is 0 Å². The molecule has 0 aromatic heterocycles. The van der Waals surface area contributed by atoms with Crippen molar-refractivity contribution in [2.24, 2.45) is 0 Å². The third kappa shape index (κ3) is 0.368. The topological polar surface area (TPSA) is 4.44 Å². The van der Waals surface area contributed by atoms with Gasteiger partial charge in [0, 0.05) is 19.3 Å². The quantitative estimate of drug-likeness (QED) is 0.419. The van der Waals surface area contributed by atoms with Crippen molar-refractivity contribution in [1.82, 2.24) is 0 Å². The highest BCUT2D eigenvalue weighted by atomic mass is 15.2.